The second-order valence-corrected chi connectivity index (χ2v) is 5.61. The summed E-state index contributed by atoms with van der Waals surface area (Å²) in [4.78, 5) is 11.4. The molecule has 4 rings (SSSR count). The molecule has 0 fully saturated rings. The Morgan fingerprint density at radius 2 is 1.70 bits per heavy atom. The van der Waals surface area contributed by atoms with Crippen LogP contribution >= 0.6 is 0 Å². The Kier molecular flexibility index (Phi) is 3.27. The highest BCUT2D eigenvalue weighted by molar-refractivity contribution is 5.69. The van der Waals surface area contributed by atoms with Crippen LogP contribution in [0.5, 0.6) is 0 Å². The first kappa shape index (κ1) is 13.5. The number of nitrogens with zero attached hydrogens (tertiary/aromatic N) is 1. The number of hydrogen-bond acceptors (Lipinski definition) is 2. The van der Waals surface area contributed by atoms with E-state index in [1.54, 1.807) is 0 Å². The monoisotopic (exact) mass is 301 g/mol. The first-order valence-electron chi connectivity index (χ1n) is 7.58. The fraction of sp³-hybridized carbons (Fsp3) is 0.0526. The zero-order chi connectivity index (χ0) is 15.6. The number of hydrogen-bond donors (Lipinski definition) is 2. The van der Waals surface area contributed by atoms with Gasteiger partial charge in [0.1, 0.15) is 0 Å². The first-order valence-corrected chi connectivity index (χ1v) is 7.58. The van der Waals surface area contributed by atoms with E-state index in [2.05, 4.69) is 51.7 Å². The maximum atomic E-state index is 4.73. The smallest absolute Gasteiger partial charge is 0.251 e. The largest absolute Gasteiger partial charge is 0.359 e. The normalized spacial score (nSPS) is 12.3. The zero-order valence-corrected chi connectivity index (χ0v) is 12.8. The molecule has 1 aliphatic rings. The molecule has 3 aromatic rings. The van der Waals surface area contributed by atoms with Gasteiger partial charge in [0.25, 0.3) is 0 Å². The quantitative estimate of drug-likeness (QED) is 0.659. The van der Waals surface area contributed by atoms with E-state index in [1.807, 2.05) is 37.4 Å². The lowest BCUT2D eigenvalue weighted by Gasteiger charge is -2.03. The van der Waals surface area contributed by atoms with Crippen LogP contribution in [0, 0.1) is 0 Å². The van der Waals surface area contributed by atoms with Crippen LogP contribution in [0.25, 0.3) is 27.4 Å². The summed E-state index contributed by atoms with van der Waals surface area (Å²) in [6, 6.07) is 20.7. The third kappa shape index (κ3) is 2.92. The number of fused-ring (bicyclic) bond motifs is 6. The maximum absolute atomic E-state index is 4.73. The molecule has 1 aliphatic heterocycles. The average Bonchev–Trinajstić information content (AvgIpc) is 2.57. The number of rotatable bonds is 0. The van der Waals surface area contributed by atoms with Crippen molar-refractivity contribution in [2.45, 2.75) is 6.92 Å². The second kappa shape index (κ2) is 5.57. The summed E-state index contributed by atoms with van der Waals surface area (Å²) in [5, 5.41) is 5.49. The van der Waals surface area contributed by atoms with E-state index in [1.165, 1.54) is 0 Å². The van der Waals surface area contributed by atoms with Crippen LogP contribution in [0.15, 0.2) is 66.9 Å². The molecule has 2 heterocycles. The molecule has 0 atom stereocenters. The van der Waals surface area contributed by atoms with Gasteiger partial charge in [0.15, 0.2) is 5.82 Å². The molecule has 0 unspecified atom stereocenters. The molecule has 0 saturated heterocycles. The van der Waals surface area contributed by atoms with Crippen molar-refractivity contribution < 1.29 is 4.98 Å². The van der Waals surface area contributed by atoms with Gasteiger partial charge in [-0.05, 0) is 42.0 Å². The minimum absolute atomic E-state index is 0.797. The summed E-state index contributed by atoms with van der Waals surface area (Å²) in [6.07, 6.45) is 1.95. The number of anilines is 1. The minimum Gasteiger partial charge on any atom is -0.251 e. The number of nitrogens with one attached hydrogen (secondary N) is 3. The highest BCUT2D eigenvalue weighted by Gasteiger charge is 2.09. The Balaban J connectivity index is 2.14. The summed E-state index contributed by atoms with van der Waals surface area (Å²) < 4.78 is 0. The molecule has 0 saturated carbocycles. The lowest BCUT2D eigenvalue weighted by atomic mass is 10.2. The van der Waals surface area contributed by atoms with Crippen LogP contribution in [0.2, 0.25) is 0 Å². The van der Waals surface area contributed by atoms with Gasteiger partial charge in [0, 0.05) is 5.57 Å². The molecule has 112 valence electrons. The number of aromatic nitrogens is 3. The highest BCUT2D eigenvalue weighted by atomic mass is 15.1. The van der Waals surface area contributed by atoms with Crippen LogP contribution in [0.1, 0.15) is 12.7 Å². The topological polar surface area (TPSA) is 54.9 Å². The molecule has 0 amide bonds. The van der Waals surface area contributed by atoms with E-state index in [0.29, 0.717) is 0 Å². The van der Waals surface area contributed by atoms with Gasteiger partial charge in [-0.2, -0.15) is 0 Å². The predicted octanol–water partition coefficient (Wildman–Crippen LogP) is 4.00. The third-order valence-electron chi connectivity index (χ3n) is 3.79. The predicted molar refractivity (Wildman–Crippen MR) is 93.9 cm³/mol. The van der Waals surface area contributed by atoms with Gasteiger partial charge in [-0.3, -0.25) is 5.32 Å². The fourth-order valence-electron chi connectivity index (χ4n) is 2.57. The lowest BCUT2D eigenvalue weighted by molar-refractivity contribution is -0.331. The van der Waals surface area contributed by atoms with Gasteiger partial charge in [0.2, 0.25) is 0 Å². The van der Waals surface area contributed by atoms with Crippen molar-refractivity contribution in [1.82, 2.24) is 9.97 Å². The van der Waals surface area contributed by atoms with Crippen LogP contribution < -0.4 is 10.3 Å². The molecule has 2 aromatic carbocycles. The summed E-state index contributed by atoms with van der Waals surface area (Å²) in [7, 11) is 0. The second-order valence-electron chi connectivity index (χ2n) is 5.61. The summed E-state index contributed by atoms with van der Waals surface area (Å²) in [6.45, 7) is 2.03. The Labute approximate surface area is 133 Å². The van der Waals surface area contributed by atoms with E-state index in [-0.39, 0.29) is 0 Å². The Hall–Kier alpha value is -3.14. The van der Waals surface area contributed by atoms with Crippen LogP contribution in [0.3, 0.4) is 0 Å². The van der Waals surface area contributed by atoms with Crippen molar-refractivity contribution in [2.24, 2.45) is 0 Å². The van der Waals surface area contributed by atoms with Gasteiger partial charge in [-0.1, -0.05) is 36.4 Å². The molecule has 0 aliphatic carbocycles. The Bertz CT molecular complexity index is 1010. The van der Waals surface area contributed by atoms with Gasteiger partial charge in [0.05, 0.1) is 17.2 Å². The average molecular weight is 301 g/mol. The molecule has 6 bridgehead atoms. The van der Waals surface area contributed by atoms with Crippen molar-refractivity contribution in [3.8, 4) is 0 Å². The van der Waals surface area contributed by atoms with Gasteiger partial charge in [-0.15, -0.1) is 0 Å². The molecular formula is C19H17N4+. The summed E-state index contributed by atoms with van der Waals surface area (Å²) in [5.41, 5.74) is 3.00. The van der Waals surface area contributed by atoms with E-state index < -0.39 is 0 Å². The minimum atomic E-state index is 0.797. The third-order valence-corrected chi connectivity index (χ3v) is 3.79. The molecule has 0 radical (unpaired) electrons. The van der Waals surface area contributed by atoms with Crippen molar-refractivity contribution >= 4 is 33.3 Å². The van der Waals surface area contributed by atoms with Gasteiger partial charge < -0.3 is 0 Å². The van der Waals surface area contributed by atoms with Crippen molar-refractivity contribution in [2.75, 3.05) is 5.32 Å². The maximum Gasteiger partial charge on any atom is 0.359 e. The SMILES string of the molecule is CC1=CNc2[nH]c1nc1cccc(ccc3cccc(c3)[nH+]2)c1. The van der Waals surface area contributed by atoms with Crippen LogP contribution in [-0.4, -0.2) is 9.97 Å². The summed E-state index contributed by atoms with van der Waals surface area (Å²) in [5.74, 6) is 1.63. The lowest BCUT2D eigenvalue weighted by Crippen LogP contribution is -2.14. The number of allylic oxidation sites excluding steroid dienone is 1. The molecule has 3 N–H and O–H groups in total. The molecule has 4 nitrogen and oxygen atoms in total. The number of aromatic amines is 2. The highest BCUT2D eigenvalue weighted by Crippen LogP contribution is 2.14. The zero-order valence-electron chi connectivity index (χ0n) is 12.8. The molecule has 1 aromatic heterocycles. The standard InChI is InChI=1S/C19H16N4/c1-13-12-20-19-22-17-7-3-5-15(11-17)9-8-14-4-2-6-16(10-14)21-18(13)23-19/h2-12H,1H3,(H2,20,21,22,23)/p+1. The molecule has 23 heavy (non-hydrogen) atoms. The Morgan fingerprint density at radius 3 is 2.57 bits per heavy atom. The van der Waals surface area contributed by atoms with E-state index in [0.717, 1.165) is 39.2 Å². The van der Waals surface area contributed by atoms with Crippen LogP contribution in [-0.2, 0) is 0 Å². The van der Waals surface area contributed by atoms with E-state index in [9.17, 15) is 0 Å². The Morgan fingerprint density at radius 1 is 0.913 bits per heavy atom. The fourth-order valence-corrected chi connectivity index (χ4v) is 2.57. The number of benzene rings is 2. The van der Waals surface area contributed by atoms with Crippen molar-refractivity contribution in [3.63, 3.8) is 0 Å². The first-order chi connectivity index (χ1) is 11.3. The van der Waals surface area contributed by atoms with E-state index in [4.69, 9.17) is 4.98 Å². The van der Waals surface area contributed by atoms with Gasteiger partial charge >= 0.3 is 5.95 Å². The van der Waals surface area contributed by atoms with Crippen molar-refractivity contribution in [1.29, 1.82) is 0 Å². The van der Waals surface area contributed by atoms with Crippen LogP contribution in [0.4, 0.5) is 5.95 Å². The molecule has 4 heteroatoms. The van der Waals surface area contributed by atoms with Gasteiger partial charge in [-0.25, -0.2) is 15.0 Å². The molecular weight excluding hydrogens is 284 g/mol. The van der Waals surface area contributed by atoms with E-state index >= 15 is 0 Å². The summed E-state index contributed by atoms with van der Waals surface area (Å²) >= 11 is 0. The number of H-pyrrole nitrogens is 2. The molecule has 0 spiro atoms. The van der Waals surface area contributed by atoms with Crippen molar-refractivity contribution in [3.05, 3.63) is 72.7 Å².